The number of carbonyl (C=O) groups excluding carboxylic acids is 2. The zero-order chi connectivity index (χ0) is 44.7. The summed E-state index contributed by atoms with van der Waals surface area (Å²) >= 11 is 0. The maximum atomic E-state index is 15.2. The van der Waals surface area contributed by atoms with Crippen molar-refractivity contribution in [3.05, 3.63) is 70.1 Å². The number of aryl methyl sites for hydroxylation is 1. The van der Waals surface area contributed by atoms with Crippen LogP contribution < -0.4 is 5.32 Å². The van der Waals surface area contributed by atoms with Crippen molar-refractivity contribution in [2.75, 3.05) is 26.8 Å². The van der Waals surface area contributed by atoms with Crippen LogP contribution in [0.5, 0.6) is 0 Å². The lowest BCUT2D eigenvalue weighted by atomic mass is 9.31. The second-order valence-corrected chi connectivity index (χ2v) is 23.8. The molecule has 1 aromatic carbocycles. The molecule has 4 N–H and O–H groups in total. The van der Waals surface area contributed by atoms with E-state index in [1.807, 2.05) is 27.1 Å². The van der Waals surface area contributed by atoms with Crippen LogP contribution in [0, 0.1) is 51.2 Å². The highest BCUT2D eigenvalue weighted by Crippen LogP contribution is 2.79. The molecule has 0 spiro atoms. The summed E-state index contributed by atoms with van der Waals surface area (Å²) in [7, 11) is 1.97. The average molecular weight is 862 g/mol. The van der Waals surface area contributed by atoms with Gasteiger partial charge >= 0.3 is 0 Å². The predicted molar refractivity (Wildman–Crippen MR) is 247 cm³/mol. The second kappa shape index (κ2) is 14.7. The van der Waals surface area contributed by atoms with E-state index in [4.69, 9.17) is 9.47 Å². The summed E-state index contributed by atoms with van der Waals surface area (Å²) in [6.07, 6.45) is 11.7. The molecule has 9 heteroatoms. The Balaban J connectivity index is 1.11. The quantitative estimate of drug-likeness (QED) is 0.142. The van der Waals surface area contributed by atoms with Crippen molar-refractivity contribution in [2.45, 2.75) is 169 Å². The van der Waals surface area contributed by atoms with Gasteiger partial charge in [-0.2, -0.15) is 0 Å². The van der Waals surface area contributed by atoms with Crippen molar-refractivity contribution >= 4 is 22.6 Å². The first-order valence-corrected chi connectivity index (χ1v) is 24.6. The summed E-state index contributed by atoms with van der Waals surface area (Å²) in [6, 6.07) is 9.28. The SMILES string of the molecule is CNCCC1(C)C(=O)CCC2(C)C1CCC1(C)C2C(O)C2(Cn3cc(Cc4cc(C)cc(C5CCOCC5)c4)c4[nH]ccc43)CCC(C)(CC(O)C3OC3(C)C)C3=C2C1(C)CC3=O. The molecule has 11 atom stereocenters. The maximum absolute atomic E-state index is 15.2. The lowest BCUT2D eigenvalue weighted by molar-refractivity contribution is -0.242. The van der Waals surface area contributed by atoms with E-state index in [1.54, 1.807) is 0 Å². The summed E-state index contributed by atoms with van der Waals surface area (Å²) in [5.41, 5.74) is 6.21. The standard InChI is InChI=1S/C54H75N3O6/c1-32-24-33(26-35(25-32)34-13-22-62-23-14-34)27-36-30-57(37-12-20-56-43(36)37)31-54-18-17-49(4,28-39(59)47-48(2,3)63-47)42-38(58)29-53(8,44(42)54)52(7)16-10-40-50(5,19-21-55-9)41(60)11-15-51(40,6)45(52)46(54)61/h12,20,24-26,30,34,39-40,45-47,55-56,59,61H,10-11,13-19,21-23,27-29,31H2,1-9H3. The summed E-state index contributed by atoms with van der Waals surface area (Å²) in [5, 5.41) is 29.1. The van der Waals surface area contributed by atoms with Crippen molar-refractivity contribution in [3.63, 3.8) is 0 Å². The summed E-state index contributed by atoms with van der Waals surface area (Å²) in [6.45, 7) is 20.9. The van der Waals surface area contributed by atoms with Crippen molar-refractivity contribution < 1.29 is 29.3 Å². The van der Waals surface area contributed by atoms with E-state index in [1.165, 1.54) is 27.8 Å². The van der Waals surface area contributed by atoms with E-state index in [0.717, 1.165) is 81.3 Å². The number of nitrogens with one attached hydrogen (secondary N) is 2. The van der Waals surface area contributed by atoms with Gasteiger partial charge in [0.25, 0.3) is 0 Å². The zero-order valence-electron chi connectivity index (χ0n) is 39.7. The number of fused-ring (bicyclic) bond motifs is 5. The fourth-order valence-electron chi connectivity index (χ4n) is 16.4. The van der Waals surface area contributed by atoms with Crippen molar-refractivity contribution in [1.82, 2.24) is 14.9 Å². The van der Waals surface area contributed by atoms with Gasteiger partial charge < -0.3 is 34.6 Å². The van der Waals surface area contributed by atoms with E-state index in [9.17, 15) is 15.0 Å². The summed E-state index contributed by atoms with van der Waals surface area (Å²) in [5.74, 6) is 1.10. The number of hydrogen-bond acceptors (Lipinski definition) is 7. The van der Waals surface area contributed by atoms with Crippen LogP contribution in [-0.4, -0.2) is 82.0 Å². The third-order valence-electron chi connectivity index (χ3n) is 19.7. The first-order valence-electron chi connectivity index (χ1n) is 24.6. The molecule has 0 amide bonds. The molecule has 0 radical (unpaired) electrons. The van der Waals surface area contributed by atoms with E-state index < -0.39 is 33.9 Å². The number of nitrogens with zero attached hydrogens (tertiary/aromatic N) is 1. The van der Waals surface area contributed by atoms with E-state index >= 15 is 4.79 Å². The van der Waals surface area contributed by atoms with E-state index in [-0.39, 0.29) is 40.2 Å². The molecular weight excluding hydrogens is 787 g/mol. The van der Waals surface area contributed by atoms with Crippen LogP contribution in [0.4, 0.5) is 0 Å². The van der Waals surface area contributed by atoms with Gasteiger partial charge in [0.1, 0.15) is 11.9 Å². The molecule has 5 fully saturated rings. The molecule has 9 nitrogen and oxygen atoms in total. The summed E-state index contributed by atoms with van der Waals surface area (Å²) in [4.78, 5) is 33.0. The van der Waals surface area contributed by atoms with Crippen LogP contribution in [0.15, 0.2) is 47.8 Å². The number of epoxide rings is 1. The molecule has 10 rings (SSSR count). The van der Waals surface area contributed by atoms with Crippen LogP contribution in [0.25, 0.3) is 11.0 Å². The first kappa shape index (κ1) is 43.8. The highest BCUT2D eigenvalue weighted by atomic mass is 16.6. The van der Waals surface area contributed by atoms with Crippen LogP contribution in [-0.2, 0) is 32.0 Å². The maximum Gasteiger partial charge on any atom is 0.160 e. The Morgan fingerprint density at radius 1 is 0.984 bits per heavy atom. The van der Waals surface area contributed by atoms with Gasteiger partial charge in [-0.05, 0) is 154 Å². The third kappa shape index (κ3) is 6.31. The minimum Gasteiger partial charge on any atom is -0.392 e. The number of aromatic amines is 1. The minimum atomic E-state index is -0.736. The number of H-pyrrole nitrogens is 1. The van der Waals surface area contributed by atoms with Crippen LogP contribution in [0.3, 0.4) is 0 Å². The fourth-order valence-corrected chi connectivity index (χ4v) is 16.4. The number of ketones is 2. The normalized spacial score (nSPS) is 40.2. The highest BCUT2D eigenvalue weighted by Gasteiger charge is 2.77. The van der Waals surface area contributed by atoms with Crippen molar-refractivity contribution in [2.24, 2.45) is 44.3 Å². The molecule has 2 saturated heterocycles. The van der Waals surface area contributed by atoms with Gasteiger partial charge in [-0.15, -0.1) is 0 Å². The molecular formula is C54H75N3O6. The molecule has 5 aliphatic carbocycles. The number of ether oxygens (including phenoxy) is 2. The Morgan fingerprint density at radius 2 is 1.73 bits per heavy atom. The van der Waals surface area contributed by atoms with E-state index in [2.05, 4.69) is 86.9 Å². The van der Waals surface area contributed by atoms with Gasteiger partial charge in [-0.3, -0.25) is 9.59 Å². The van der Waals surface area contributed by atoms with Gasteiger partial charge in [0.05, 0.1) is 28.8 Å². The highest BCUT2D eigenvalue weighted by molar-refractivity contribution is 6.02. The number of carbonyl (C=O) groups is 2. The fraction of sp³-hybridized carbons (Fsp3) is 0.704. The number of Topliss-reactive ketones (excluding diaryl/α,β-unsaturated/α-hetero) is 2. The largest absolute Gasteiger partial charge is 0.392 e. The molecule has 3 saturated carbocycles. The van der Waals surface area contributed by atoms with Gasteiger partial charge in [-0.25, -0.2) is 0 Å². The Morgan fingerprint density at radius 3 is 2.44 bits per heavy atom. The van der Waals surface area contributed by atoms with Gasteiger partial charge in [0.2, 0.25) is 0 Å². The Hall–Kier alpha value is -3.08. The number of hydrogen-bond donors (Lipinski definition) is 4. The number of aromatic nitrogens is 2. The van der Waals surface area contributed by atoms with Crippen LogP contribution in [0.1, 0.15) is 147 Å². The molecule has 342 valence electrons. The van der Waals surface area contributed by atoms with Gasteiger partial charge in [0, 0.05) is 73.2 Å². The summed E-state index contributed by atoms with van der Waals surface area (Å²) < 4.78 is 14.1. The average Bonchev–Trinajstić information content (AvgIpc) is 3.52. The molecule has 3 aromatic rings. The number of aliphatic hydroxyl groups is 2. The monoisotopic (exact) mass is 862 g/mol. The number of aliphatic hydroxyl groups excluding tert-OH is 2. The first-order chi connectivity index (χ1) is 29.7. The Labute approximate surface area is 375 Å². The molecule has 7 aliphatic rings. The third-order valence-corrected chi connectivity index (χ3v) is 19.7. The number of rotatable bonds is 11. The molecule has 2 aliphatic heterocycles. The lowest BCUT2D eigenvalue weighted by Gasteiger charge is -2.73. The smallest absolute Gasteiger partial charge is 0.160 e. The predicted octanol–water partition coefficient (Wildman–Crippen LogP) is 9.15. The molecule has 4 heterocycles. The van der Waals surface area contributed by atoms with Crippen molar-refractivity contribution in [3.8, 4) is 0 Å². The molecule has 2 aromatic heterocycles. The van der Waals surface area contributed by atoms with Crippen LogP contribution >= 0.6 is 0 Å². The Bertz CT molecular complexity index is 2370. The number of allylic oxidation sites excluding steroid dienone is 1. The molecule has 0 bridgehead atoms. The molecule has 11 unspecified atom stereocenters. The van der Waals surface area contributed by atoms with Crippen molar-refractivity contribution in [1.29, 1.82) is 0 Å². The minimum absolute atomic E-state index is 0.116. The zero-order valence-corrected chi connectivity index (χ0v) is 39.7. The van der Waals surface area contributed by atoms with Gasteiger partial charge in [-0.1, -0.05) is 58.4 Å². The van der Waals surface area contributed by atoms with Crippen LogP contribution in [0.2, 0.25) is 0 Å². The molecule has 63 heavy (non-hydrogen) atoms. The second-order valence-electron chi connectivity index (χ2n) is 23.8. The lowest BCUT2D eigenvalue weighted by Crippen LogP contribution is -2.71. The number of benzene rings is 1. The topological polar surface area (TPSA) is 129 Å². The van der Waals surface area contributed by atoms with E-state index in [0.29, 0.717) is 50.4 Å². The Kier molecular flexibility index (Phi) is 10.2. The van der Waals surface area contributed by atoms with Gasteiger partial charge in [0.15, 0.2) is 5.78 Å².